The van der Waals surface area contributed by atoms with Crippen molar-refractivity contribution in [3.63, 3.8) is 0 Å². The fourth-order valence-corrected chi connectivity index (χ4v) is 3.85. The van der Waals surface area contributed by atoms with Crippen molar-refractivity contribution in [2.75, 3.05) is 0 Å². The summed E-state index contributed by atoms with van der Waals surface area (Å²) in [6.07, 6.45) is 0.325. The van der Waals surface area contributed by atoms with Crippen LogP contribution in [0, 0.1) is 0 Å². The van der Waals surface area contributed by atoms with Crippen LogP contribution in [-0.2, 0) is 12.7 Å². The Morgan fingerprint density at radius 3 is 2.48 bits per heavy atom. The lowest BCUT2D eigenvalue weighted by molar-refractivity contribution is -0.138. The van der Waals surface area contributed by atoms with Crippen molar-refractivity contribution in [1.29, 1.82) is 0 Å². The molecule has 1 aromatic carbocycles. The number of nitrogens with one attached hydrogen (secondary N) is 1. The molecule has 0 radical (unpaired) electrons. The van der Waals surface area contributed by atoms with Crippen LogP contribution < -0.4 is 5.32 Å². The first kappa shape index (κ1) is 16.7. The minimum Gasteiger partial charge on any atom is -0.310 e. The minimum atomic E-state index is -4.29. The average molecular weight is 317 g/mol. The van der Waals surface area contributed by atoms with E-state index in [1.807, 2.05) is 19.9 Å². The number of thioether (sulfide) groups is 1. The molecule has 0 atom stereocenters. The van der Waals surface area contributed by atoms with Gasteiger partial charge >= 0.3 is 6.18 Å². The molecule has 1 aliphatic carbocycles. The zero-order valence-electron chi connectivity index (χ0n) is 12.5. The Kier molecular flexibility index (Phi) is 5.60. The molecular weight excluding hydrogens is 295 g/mol. The molecule has 0 unspecified atom stereocenters. The van der Waals surface area contributed by atoms with E-state index in [1.165, 1.54) is 18.9 Å². The monoisotopic (exact) mass is 317 g/mol. The van der Waals surface area contributed by atoms with Crippen molar-refractivity contribution < 1.29 is 13.2 Å². The fraction of sp³-hybridized carbons (Fsp3) is 0.625. The highest BCUT2D eigenvalue weighted by atomic mass is 32.2. The Morgan fingerprint density at radius 2 is 1.90 bits per heavy atom. The van der Waals surface area contributed by atoms with Gasteiger partial charge in [0, 0.05) is 22.7 Å². The van der Waals surface area contributed by atoms with Crippen LogP contribution in [0.2, 0.25) is 0 Å². The second-order valence-corrected chi connectivity index (χ2v) is 7.25. The first-order valence-electron chi connectivity index (χ1n) is 7.46. The van der Waals surface area contributed by atoms with Gasteiger partial charge in [-0.05, 0) is 30.5 Å². The van der Waals surface area contributed by atoms with E-state index in [9.17, 15) is 13.2 Å². The number of hydrogen-bond acceptors (Lipinski definition) is 2. The third-order valence-corrected chi connectivity index (χ3v) is 5.02. The summed E-state index contributed by atoms with van der Waals surface area (Å²) in [6, 6.07) is 4.93. The highest BCUT2D eigenvalue weighted by molar-refractivity contribution is 8.00. The summed E-state index contributed by atoms with van der Waals surface area (Å²) >= 11 is 1.59. The summed E-state index contributed by atoms with van der Waals surface area (Å²) in [5.74, 6) is 0. The van der Waals surface area contributed by atoms with Crippen molar-refractivity contribution in [2.45, 2.75) is 68.4 Å². The van der Waals surface area contributed by atoms with Gasteiger partial charge in [-0.1, -0.05) is 32.8 Å². The lowest BCUT2D eigenvalue weighted by atomic mass is 10.1. The number of halogens is 3. The van der Waals surface area contributed by atoms with Crippen LogP contribution in [0.25, 0.3) is 0 Å². The number of benzene rings is 1. The van der Waals surface area contributed by atoms with Crippen LogP contribution in [0.4, 0.5) is 13.2 Å². The molecule has 1 N–H and O–H groups in total. The summed E-state index contributed by atoms with van der Waals surface area (Å²) in [4.78, 5) is 0.738. The van der Waals surface area contributed by atoms with Crippen LogP contribution in [0.3, 0.4) is 0 Å². The Morgan fingerprint density at radius 1 is 1.24 bits per heavy atom. The molecule has 5 heteroatoms. The van der Waals surface area contributed by atoms with Crippen molar-refractivity contribution in [2.24, 2.45) is 0 Å². The Hall–Kier alpha value is -0.680. The molecule has 0 aromatic heterocycles. The molecule has 1 fully saturated rings. The van der Waals surface area contributed by atoms with Gasteiger partial charge in [0.1, 0.15) is 0 Å². The van der Waals surface area contributed by atoms with Gasteiger partial charge in [-0.2, -0.15) is 13.2 Å². The van der Waals surface area contributed by atoms with Crippen LogP contribution >= 0.6 is 11.8 Å². The molecule has 2 rings (SSSR count). The topological polar surface area (TPSA) is 12.0 Å². The van der Waals surface area contributed by atoms with Crippen molar-refractivity contribution in [1.82, 2.24) is 5.32 Å². The van der Waals surface area contributed by atoms with Gasteiger partial charge in [-0.25, -0.2) is 0 Å². The molecule has 0 bridgehead atoms. The average Bonchev–Trinajstić information content (AvgIpc) is 2.89. The lowest BCUT2D eigenvalue weighted by Crippen LogP contribution is -2.23. The van der Waals surface area contributed by atoms with Crippen LogP contribution in [0.1, 0.15) is 50.7 Å². The van der Waals surface area contributed by atoms with Gasteiger partial charge in [-0.3, -0.25) is 0 Å². The maximum Gasteiger partial charge on any atom is 0.416 e. The molecular formula is C16H22F3NS. The third kappa shape index (κ3) is 4.92. The molecule has 0 saturated heterocycles. The molecule has 1 aliphatic rings. The summed E-state index contributed by atoms with van der Waals surface area (Å²) < 4.78 is 39.7. The molecule has 21 heavy (non-hydrogen) atoms. The molecule has 1 saturated carbocycles. The van der Waals surface area contributed by atoms with Crippen LogP contribution in [0.5, 0.6) is 0 Å². The van der Waals surface area contributed by atoms with Gasteiger partial charge in [0.25, 0.3) is 0 Å². The van der Waals surface area contributed by atoms with Crippen molar-refractivity contribution in [3.05, 3.63) is 29.3 Å². The van der Waals surface area contributed by atoms with E-state index in [2.05, 4.69) is 5.32 Å². The second-order valence-electron chi connectivity index (χ2n) is 5.88. The molecule has 0 amide bonds. The largest absolute Gasteiger partial charge is 0.416 e. The Bertz CT molecular complexity index is 465. The van der Waals surface area contributed by atoms with E-state index in [0.29, 0.717) is 10.8 Å². The van der Waals surface area contributed by atoms with Gasteiger partial charge in [-0.15, -0.1) is 11.8 Å². The smallest absolute Gasteiger partial charge is 0.310 e. The third-order valence-electron chi connectivity index (χ3n) is 3.69. The van der Waals surface area contributed by atoms with E-state index in [0.717, 1.165) is 17.7 Å². The summed E-state index contributed by atoms with van der Waals surface area (Å²) in [5.41, 5.74) is -0.175. The molecule has 0 spiro atoms. The van der Waals surface area contributed by atoms with E-state index in [4.69, 9.17) is 0 Å². The van der Waals surface area contributed by atoms with E-state index >= 15 is 0 Å². The Labute approximate surface area is 128 Å². The Balaban J connectivity index is 2.17. The molecule has 0 aliphatic heterocycles. The number of alkyl halides is 3. The van der Waals surface area contributed by atoms with E-state index in [-0.39, 0.29) is 12.6 Å². The normalized spacial score (nSPS) is 16.9. The first-order chi connectivity index (χ1) is 9.86. The predicted molar refractivity (Wildman–Crippen MR) is 81.5 cm³/mol. The minimum absolute atomic E-state index is 0.165. The van der Waals surface area contributed by atoms with Crippen molar-refractivity contribution in [3.8, 4) is 0 Å². The fourth-order valence-electron chi connectivity index (χ4n) is 2.56. The summed E-state index contributed by atoms with van der Waals surface area (Å²) in [5, 5.41) is 3.54. The summed E-state index contributed by atoms with van der Waals surface area (Å²) in [7, 11) is 0. The number of hydrogen-bond donors (Lipinski definition) is 1. The van der Waals surface area contributed by atoms with Gasteiger partial charge in [0.2, 0.25) is 0 Å². The highest BCUT2D eigenvalue weighted by Gasteiger charge is 2.33. The highest BCUT2D eigenvalue weighted by Crippen LogP contribution is 2.39. The molecule has 0 heterocycles. The second kappa shape index (κ2) is 7.05. The van der Waals surface area contributed by atoms with Gasteiger partial charge in [0.15, 0.2) is 0 Å². The molecule has 1 nitrogen and oxygen atoms in total. The van der Waals surface area contributed by atoms with Crippen molar-refractivity contribution >= 4 is 11.8 Å². The zero-order valence-corrected chi connectivity index (χ0v) is 13.3. The standard InChI is InChI=1S/C16H22F3NS/c1-11(2)20-10-12-7-8-14(9-15(12)16(17,18)19)21-13-5-3-4-6-13/h7-9,11,13,20H,3-6,10H2,1-2H3. The van der Waals surface area contributed by atoms with Gasteiger partial charge < -0.3 is 5.32 Å². The van der Waals surface area contributed by atoms with Crippen LogP contribution in [0.15, 0.2) is 23.1 Å². The van der Waals surface area contributed by atoms with E-state index < -0.39 is 11.7 Å². The molecule has 118 valence electrons. The predicted octanol–water partition coefficient (Wildman–Crippen LogP) is 5.24. The SMILES string of the molecule is CC(C)NCc1ccc(SC2CCCC2)cc1C(F)(F)F. The summed E-state index contributed by atoms with van der Waals surface area (Å²) in [6.45, 7) is 4.11. The maximum absolute atomic E-state index is 13.2. The maximum atomic E-state index is 13.2. The lowest BCUT2D eigenvalue weighted by Gasteiger charge is -2.17. The van der Waals surface area contributed by atoms with E-state index in [1.54, 1.807) is 17.8 Å². The van der Waals surface area contributed by atoms with Gasteiger partial charge in [0.05, 0.1) is 5.56 Å². The number of rotatable bonds is 5. The quantitative estimate of drug-likeness (QED) is 0.797. The molecule has 1 aromatic rings. The first-order valence-corrected chi connectivity index (χ1v) is 8.34. The van der Waals surface area contributed by atoms with Crippen LogP contribution in [-0.4, -0.2) is 11.3 Å². The zero-order chi connectivity index (χ0) is 15.5.